The molecule has 0 spiro atoms. The number of fused-ring (bicyclic) bond motifs is 1. The summed E-state index contributed by atoms with van der Waals surface area (Å²) in [7, 11) is -1.54. The van der Waals surface area contributed by atoms with Crippen LogP contribution in [-0.4, -0.2) is 60.3 Å². The van der Waals surface area contributed by atoms with Crippen LogP contribution in [0.1, 0.15) is 35.4 Å². The number of ether oxygens (including phenoxy) is 1. The monoisotopic (exact) mass is 469 g/mol. The third-order valence-electron chi connectivity index (χ3n) is 5.48. The van der Waals surface area contributed by atoms with Gasteiger partial charge >= 0.3 is 0 Å². The number of hydrogen-bond donors (Lipinski definition) is 0. The molecule has 1 aromatic carbocycles. The summed E-state index contributed by atoms with van der Waals surface area (Å²) in [6, 6.07) is 8.46. The summed E-state index contributed by atoms with van der Waals surface area (Å²) in [4.78, 5) is 19.0. The van der Waals surface area contributed by atoms with Gasteiger partial charge in [0.15, 0.2) is 15.5 Å². The fourth-order valence-corrected chi connectivity index (χ4v) is 4.24. The number of amides is 1. The first kappa shape index (κ1) is 24.2. The van der Waals surface area contributed by atoms with Crippen molar-refractivity contribution in [3.63, 3.8) is 0 Å². The van der Waals surface area contributed by atoms with Gasteiger partial charge in [0.25, 0.3) is 0 Å². The van der Waals surface area contributed by atoms with Crippen LogP contribution in [0.3, 0.4) is 0 Å². The Balaban J connectivity index is 1.51. The van der Waals surface area contributed by atoms with Gasteiger partial charge in [0.05, 0.1) is 17.7 Å². The minimum Gasteiger partial charge on any atom is -0.493 e. The predicted molar refractivity (Wildman–Crippen MR) is 123 cm³/mol. The van der Waals surface area contributed by atoms with E-state index in [1.807, 2.05) is 13.8 Å². The lowest BCUT2D eigenvalue weighted by molar-refractivity contribution is -0.129. The number of aryl methyl sites for hydroxylation is 2. The number of nitriles is 1. The van der Waals surface area contributed by atoms with E-state index in [0.717, 1.165) is 23.2 Å². The molecule has 2 aromatic heterocycles. The van der Waals surface area contributed by atoms with Crippen molar-refractivity contribution in [2.24, 2.45) is 0 Å². The van der Waals surface area contributed by atoms with Gasteiger partial charge in [-0.3, -0.25) is 4.79 Å². The highest BCUT2D eigenvalue weighted by Crippen LogP contribution is 2.19. The first-order chi connectivity index (χ1) is 15.6. The molecule has 0 saturated heterocycles. The van der Waals surface area contributed by atoms with E-state index in [1.165, 1.54) is 18.3 Å². The fraction of sp³-hybridized carbons (Fsp3) is 0.391. The number of carbonyl (C=O) groups is 1. The quantitative estimate of drug-likeness (QED) is 0.442. The SMILES string of the molecule is Cc1nc2c(C#N)cnn2c(C)c1CCC(=O)N(C)CCCOc1cccc(S(C)(=O)=O)c1. The molecule has 0 N–H and O–H groups in total. The smallest absolute Gasteiger partial charge is 0.222 e. The zero-order valence-corrected chi connectivity index (χ0v) is 20.0. The summed E-state index contributed by atoms with van der Waals surface area (Å²) in [5.74, 6) is 0.491. The maximum absolute atomic E-state index is 12.6. The Morgan fingerprint density at radius 3 is 2.76 bits per heavy atom. The molecular weight excluding hydrogens is 442 g/mol. The van der Waals surface area contributed by atoms with Crippen LogP contribution < -0.4 is 4.74 Å². The summed E-state index contributed by atoms with van der Waals surface area (Å²) < 4.78 is 30.6. The molecule has 174 valence electrons. The van der Waals surface area contributed by atoms with Gasteiger partial charge in [-0.25, -0.2) is 17.9 Å². The molecule has 0 aliphatic heterocycles. The van der Waals surface area contributed by atoms with E-state index in [-0.39, 0.29) is 10.8 Å². The molecule has 33 heavy (non-hydrogen) atoms. The van der Waals surface area contributed by atoms with Crippen LogP contribution in [0.5, 0.6) is 5.75 Å². The third kappa shape index (κ3) is 5.68. The van der Waals surface area contributed by atoms with Crippen molar-refractivity contribution in [2.75, 3.05) is 26.5 Å². The highest BCUT2D eigenvalue weighted by molar-refractivity contribution is 7.90. The van der Waals surface area contributed by atoms with Gasteiger partial charge in [0, 0.05) is 37.7 Å². The number of carbonyl (C=O) groups excluding carboxylic acids is 1. The Hall–Kier alpha value is -3.45. The van der Waals surface area contributed by atoms with Crippen LogP contribution >= 0.6 is 0 Å². The average Bonchev–Trinajstić information content (AvgIpc) is 3.18. The first-order valence-corrected chi connectivity index (χ1v) is 12.4. The van der Waals surface area contributed by atoms with E-state index < -0.39 is 9.84 Å². The second kappa shape index (κ2) is 10.0. The van der Waals surface area contributed by atoms with Gasteiger partial charge in [-0.2, -0.15) is 10.4 Å². The minimum atomic E-state index is -3.29. The van der Waals surface area contributed by atoms with Crippen LogP contribution in [0, 0.1) is 25.2 Å². The minimum absolute atomic E-state index is 0.00569. The highest BCUT2D eigenvalue weighted by atomic mass is 32.2. The van der Waals surface area contributed by atoms with Crippen molar-refractivity contribution in [1.82, 2.24) is 19.5 Å². The Morgan fingerprint density at radius 1 is 1.30 bits per heavy atom. The average molecular weight is 470 g/mol. The molecule has 9 nitrogen and oxygen atoms in total. The Labute approximate surface area is 193 Å². The molecule has 3 rings (SSSR count). The maximum atomic E-state index is 12.6. The molecule has 3 aromatic rings. The molecule has 0 unspecified atom stereocenters. The van der Waals surface area contributed by atoms with E-state index in [1.54, 1.807) is 28.6 Å². The van der Waals surface area contributed by atoms with Crippen LogP contribution in [0.2, 0.25) is 0 Å². The van der Waals surface area contributed by atoms with Crippen LogP contribution in [0.25, 0.3) is 5.65 Å². The van der Waals surface area contributed by atoms with E-state index in [9.17, 15) is 18.5 Å². The molecule has 0 aliphatic rings. The molecular formula is C23H27N5O4S. The molecule has 0 fully saturated rings. The lowest BCUT2D eigenvalue weighted by atomic mass is 10.1. The van der Waals surface area contributed by atoms with Gasteiger partial charge < -0.3 is 9.64 Å². The summed E-state index contributed by atoms with van der Waals surface area (Å²) in [6.45, 7) is 4.67. The number of nitrogens with zero attached hydrogens (tertiary/aromatic N) is 5. The van der Waals surface area contributed by atoms with Gasteiger partial charge in [-0.1, -0.05) is 6.07 Å². The lowest BCUT2D eigenvalue weighted by Crippen LogP contribution is -2.29. The van der Waals surface area contributed by atoms with Crippen molar-refractivity contribution in [2.45, 2.75) is 38.0 Å². The number of benzene rings is 1. The van der Waals surface area contributed by atoms with Crippen molar-refractivity contribution in [1.29, 1.82) is 5.26 Å². The molecule has 0 radical (unpaired) electrons. The van der Waals surface area contributed by atoms with E-state index >= 15 is 0 Å². The highest BCUT2D eigenvalue weighted by Gasteiger charge is 2.16. The predicted octanol–water partition coefficient (Wildman–Crippen LogP) is 2.48. The number of rotatable bonds is 9. The molecule has 1 amide bonds. The van der Waals surface area contributed by atoms with E-state index in [2.05, 4.69) is 16.2 Å². The topological polar surface area (TPSA) is 118 Å². The second-order valence-electron chi connectivity index (χ2n) is 7.93. The normalized spacial score (nSPS) is 11.4. The molecule has 2 heterocycles. The summed E-state index contributed by atoms with van der Waals surface area (Å²) >= 11 is 0. The zero-order valence-electron chi connectivity index (χ0n) is 19.2. The number of sulfone groups is 1. The Morgan fingerprint density at radius 2 is 2.06 bits per heavy atom. The third-order valence-corrected chi connectivity index (χ3v) is 6.59. The van der Waals surface area contributed by atoms with Crippen LogP contribution in [0.15, 0.2) is 35.4 Å². The Kier molecular flexibility index (Phi) is 7.33. The number of hydrogen-bond acceptors (Lipinski definition) is 7. The van der Waals surface area contributed by atoms with Gasteiger partial charge in [0.2, 0.25) is 5.91 Å². The van der Waals surface area contributed by atoms with E-state index in [0.29, 0.717) is 49.4 Å². The van der Waals surface area contributed by atoms with Crippen LogP contribution in [0.4, 0.5) is 0 Å². The standard InChI is InChI=1S/C23H27N5O4S/c1-16-21(17(2)28-23(26-16)18(14-24)15-25-28)9-10-22(29)27(3)11-6-12-32-19-7-5-8-20(13-19)33(4,30)31/h5,7-8,13,15H,6,9-12H2,1-4H3. The fourth-order valence-electron chi connectivity index (χ4n) is 3.59. The second-order valence-corrected chi connectivity index (χ2v) is 9.95. The summed E-state index contributed by atoms with van der Waals surface area (Å²) in [6.07, 6.45) is 4.12. The lowest BCUT2D eigenvalue weighted by Gasteiger charge is -2.18. The van der Waals surface area contributed by atoms with Crippen molar-refractivity contribution in [3.05, 3.63) is 53.0 Å². The largest absolute Gasteiger partial charge is 0.493 e. The summed E-state index contributed by atoms with van der Waals surface area (Å²) in [5.41, 5.74) is 3.57. The van der Waals surface area contributed by atoms with Crippen molar-refractivity contribution in [3.8, 4) is 11.8 Å². The summed E-state index contributed by atoms with van der Waals surface area (Å²) in [5, 5.41) is 13.4. The number of aromatic nitrogens is 3. The molecule has 0 saturated carbocycles. The van der Waals surface area contributed by atoms with Crippen LogP contribution in [-0.2, 0) is 21.1 Å². The van der Waals surface area contributed by atoms with Gasteiger partial charge in [0.1, 0.15) is 17.4 Å². The maximum Gasteiger partial charge on any atom is 0.222 e. The van der Waals surface area contributed by atoms with Gasteiger partial charge in [-0.05, 0) is 50.5 Å². The first-order valence-electron chi connectivity index (χ1n) is 10.5. The molecule has 0 bridgehead atoms. The van der Waals surface area contributed by atoms with E-state index in [4.69, 9.17) is 4.74 Å². The van der Waals surface area contributed by atoms with Gasteiger partial charge in [-0.15, -0.1) is 0 Å². The zero-order chi connectivity index (χ0) is 24.2. The molecule has 10 heteroatoms. The van der Waals surface area contributed by atoms with Crippen molar-refractivity contribution >= 4 is 21.4 Å². The molecule has 0 aliphatic carbocycles. The Bertz CT molecular complexity index is 1320. The molecule has 0 atom stereocenters. The van der Waals surface area contributed by atoms with Crippen molar-refractivity contribution < 1.29 is 17.9 Å².